The van der Waals surface area contributed by atoms with Crippen LogP contribution in [0.5, 0.6) is 0 Å². The molecule has 0 aromatic carbocycles. The van der Waals surface area contributed by atoms with Crippen molar-refractivity contribution < 1.29 is 9.59 Å². The summed E-state index contributed by atoms with van der Waals surface area (Å²) in [4.78, 5) is 27.1. The maximum absolute atomic E-state index is 12.0. The normalized spacial score (nSPS) is 18.1. The molecule has 1 fully saturated rings. The molecule has 104 valence electrons. The van der Waals surface area contributed by atoms with Crippen molar-refractivity contribution in [3.05, 3.63) is 0 Å². The van der Waals surface area contributed by atoms with E-state index in [1.165, 1.54) is 17.7 Å². The third-order valence-electron chi connectivity index (χ3n) is 3.33. The summed E-state index contributed by atoms with van der Waals surface area (Å²) < 4.78 is 0. The average molecular weight is 255 g/mol. The van der Waals surface area contributed by atoms with Gasteiger partial charge in [0.25, 0.3) is 0 Å². The van der Waals surface area contributed by atoms with Crippen LogP contribution in [-0.2, 0) is 9.59 Å². The molecule has 1 aliphatic heterocycles. The van der Waals surface area contributed by atoms with E-state index in [-0.39, 0.29) is 24.4 Å². The standard InChI is InChI=1S/C13H25N3O2/c1-11(13(18)15(2)3)14-10-12(17)16-8-6-4-5-7-9-16/h11,14H,4-10H2,1-3H3. The number of nitrogens with one attached hydrogen (secondary N) is 1. The van der Waals surface area contributed by atoms with Crippen molar-refractivity contribution in [2.75, 3.05) is 33.7 Å². The number of likely N-dealkylation sites (tertiary alicyclic amines) is 1. The minimum Gasteiger partial charge on any atom is -0.347 e. The van der Waals surface area contributed by atoms with Crippen molar-refractivity contribution in [1.29, 1.82) is 0 Å². The molecule has 1 N–H and O–H groups in total. The first-order valence-electron chi connectivity index (χ1n) is 6.74. The molecule has 0 aromatic rings. The number of nitrogens with zero attached hydrogens (tertiary/aromatic N) is 2. The molecule has 1 saturated heterocycles. The number of carbonyl (C=O) groups is 2. The average Bonchev–Trinajstić information content (AvgIpc) is 2.63. The molecular formula is C13H25N3O2. The fourth-order valence-electron chi connectivity index (χ4n) is 2.15. The van der Waals surface area contributed by atoms with E-state index >= 15 is 0 Å². The molecule has 5 nitrogen and oxygen atoms in total. The lowest BCUT2D eigenvalue weighted by Crippen LogP contribution is -2.46. The van der Waals surface area contributed by atoms with Crippen molar-refractivity contribution in [1.82, 2.24) is 15.1 Å². The number of carbonyl (C=O) groups excluding carboxylic acids is 2. The topological polar surface area (TPSA) is 52.7 Å². The monoisotopic (exact) mass is 255 g/mol. The van der Waals surface area contributed by atoms with Crippen LogP contribution in [0.4, 0.5) is 0 Å². The number of hydrogen-bond acceptors (Lipinski definition) is 3. The first-order valence-corrected chi connectivity index (χ1v) is 6.74. The molecule has 0 radical (unpaired) electrons. The number of likely N-dealkylation sites (N-methyl/N-ethyl adjacent to an activating group) is 1. The highest BCUT2D eigenvalue weighted by molar-refractivity contribution is 5.83. The van der Waals surface area contributed by atoms with E-state index in [1.54, 1.807) is 21.0 Å². The summed E-state index contributed by atoms with van der Waals surface area (Å²) >= 11 is 0. The quantitative estimate of drug-likeness (QED) is 0.794. The van der Waals surface area contributed by atoms with Crippen molar-refractivity contribution in [3.8, 4) is 0 Å². The maximum Gasteiger partial charge on any atom is 0.238 e. The highest BCUT2D eigenvalue weighted by Crippen LogP contribution is 2.09. The van der Waals surface area contributed by atoms with Gasteiger partial charge in [0.1, 0.15) is 0 Å². The number of amides is 2. The third kappa shape index (κ3) is 4.64. The van der Waals surface area contributed by atoms with Crippen LogP contribution in [0.25, 0.3) is 0 Å². The minimum atomic E-state index is -0.309. The van der Waals surface area contributed by atoms with Crippen molar-refractivity contribution in [2.24, 2.45) is 0 Å². The van der Waals surface area contributed by atoms with Crippen molar-refractivity contribution >= 4 is 11.8 Å². The maximum atomic E-state index is 12.0. The van der Waals surface area contributed by atoms with Crippen molar-refractivity contribution in [3.63, 3.8) is 0 Å². The van der Waals surface area contributed by atoms with Crippen LogP contribution in [-0.4, -0.2) is 61.4 Å². The second-order valence-electron chi connectivity index (χ2n) is 5.13. The molecule has 1 rings (SSSR count). The van der Waals surface area contributed by atoms with E-state index in [2.05, 4.69) is 5.32 Å². The van der Waals surface area contributed by atoms with Crippen LogP contribution >= 0.6 is 0 Å². The summed E-state index contributed by atoms with van der Waals surface area (Å²) in [6.07, 6.45) is 4.62. The van der Waals surface area contributed by atoms with E-state index in [0.717, 1.165) is 25.9 Å². The summed E-state index contributed by atoms with van der Waals surface area (Å²) in [6, 6.07) is -0.309. The van der Waals surface area contributed by atoms with Crippen LogP contribution in [0, 0.1) is 0 Å². The first kappa shape index (κ1) is 15.0. The molecule has 2 amide bonds. The van der Waals surface area contributed by atoms with E-state index < -0.39 is 0 Å². The second kappa shape index (κ2) is 7.36. The summed E-state index contributed by atoms with van der Waals surface area (Å²) in [5, 5.41) is 3.00. The van der Waals surface area contributed by atoms with E-state index in [9.17, 15) is 9.59 Å². The molecule has 0 aliphatic carbocycles. The Labute approximate surface area is 110 Å². The lowest BCUT2D eigenvalue weighted by molar-refractivity contribution is -0.132. The Balaban J connectivity index is 2.33. The van der Waals surface area contributed by atoms with Gasteiger partial charge in [-0.2, -0.15) is 0 Å². The van der Waals surface area contributed by atoms with Crippen LogP contribution in [0.2, 0.25) is 0 Å². The Morgan fingerprint density at radius 3 is 2.22 bits per heavy atom. The van der Waals surface area contributed by atoms with Crippen LogP contribution < -0.4 is 5.32 Å². The van der Waals surface area contributed by atoms with Gasteiger partial charge in [-0.15, -0.1) is 0 Å². The Hall–Kier alpha value is -1.10. The zero-order valence-electron chi connectivity index (χ0n) is 11.7. The summed E-state index contributed by atoms with van der Waals surface area (Å²) in [5.41, 5.74) is 0. The van der Waals surface area contributed by atoms with Gasteiger partial charge >= 0.3 is 0 Å². The smallest absolute Gasteiger partial charge is 0.238 e. The number of rotatable bonds is 4. The van der Waals surface area contributed by atoms with Gasteiger partial charge in [-0.1, -0.05) is 12.8 Å². The molecule has 5 heteroatoms. The van der Waals surface area contributed by atoms with Crippen LogP contribution in [0.1, 0.15) is 32.6 Å². The molecule has 18 heavy (non-hydrogen) atoms. The lowest BCUT2D eigenvalue weighted by atomic mass is 10.2. The molecule has 1 atom stereocenters. The van der Waals surface area contributed by atoms with Gasteiger partial charge in [-0.3, -0.25) is 14.9 Å². The van der Waals surface area contributed by atoms with Gasteiger partial charge in [0.05, 0.1) is 12.6 Å². The fraction of sp³-hybridized carbons (Fsp3) is 0.846. The number of hydrogen-bond donors (Lipinski definition) is 1. The third-order valence-corrected chi connectivity index (χ3v) is 3.33. The predicted octanol–water partition coefficient (Wildman–Crippen LogP) is 0.455. The second-order valence-corrected chi connectivity index (χ2v) is 5.13. The Bertz CT molecular complexity index is 284. The van der Waals surface area contributed by atoms with Crippen LogP contribution in [0.15, 0.2) is 0 Å². The molecule has 0 aromatic heterocycles. The molecule has 0 bridgehead atoms. The molecule has 0 spiro atoms. The largest absolute Gasteiger partial charge is 0.347 e. The zero-order valence-corrected chi connectivity index (χ0v) is 11.7. The Kier molecular flexibility index (Phi) is 6.12. The molecule has 1 unspecified atom stereocenters. The van der Waals surface area contributed by atoms with Gasteiger partial charge in [-0.25, -0.2) is 0 Å². The fourth-order valence-corrected chi connectivity index (χ4v) is 2.15. The minimum absolute atomic E-state index is 0.00123. The van der Waals surface area contributed by atoms with Gasteiger partial charge in [0.2, 0.25) is 11.8 Å². The highest BCUT2D eigenvalue weighted by Gasteiger charge is 2.18. The summed E-state index contributed by atoms with van der Waals surface area (Å²) in [7, 11) is 3.44. The van der Waals surface area contributed by atoms with Crippen molar-refractivity contribution in [2.45, 2.75) is 38.6 Å². The first-order chi connectivity index (χ1) is 8.52. The predicted molar refractivity (Wildman–Crippen MR) is 71.2 cm³/mol. The van der Waals surface area contributed by atoms with Gasteiger partial charge in [0.15, 0.2) is 0 Å². The zero-order chi connectivity index (χ0) is 13.5. The van der Waals surface area contributed by atoms with Crippen LogP contribution in [0.3, 0.4) is 0 Å². The van der Waals surface area contributed by atoms with Gasteiger partial charge < -0.3 is 9.80 Å². The SMILES string of the molecule is CC(NCC(=O)N1CCCCCC1)C(=O)N(C)C. The van der Waals surface area contributed by atoms with Gasteiger partial charge in [-0.05, 0) is 19.8 Å². The Morgan fingerprint density at radius 1 is 1.17 bits per heavy atom. The molecule has 1 aliphatic rings. The van der Waals surface area contributed by atoms with E-state index in [4.69, 9.17) is 0 Å². The van der Waals surface area contributed by atoms with Gasteiger partial charge in [0, 0.05) is 27.2 Å². The highest BCUT2D eigenvalue weighted by atomic mass is 16.2. The Morgan fingerprint density at radius 2 is 1.72 bits per heavy atom. The van der Waals surface area contributed by atoms with E-state index in [1.807, 2.05) is 4.90 Å². The summed E-state index contributed by atoms with van der Waals surface area (Å²) in [6.45, 7) is 3.76. The summed E-state index contributed by atoms with van der Waals surface area (Å²) in [5.74, 6) is 0.106. The van der Waals surface area contributed by atoms with E-state index in [0.29, 0.717) is 0 Å². The molecule has 1 heterocycles. The molecule has 0 saturated carbocycles. The lowest BCUT2D eigenvalue weighted by Gasteiger charge is -2.22. The molecular weight excluding hydrogens is 230 g/mol.